The molecule has 0 heterocycles. The molecule has 0 atom stereocenters. The van der Waals surface area contributed by atoms with Gasteiger partial charge in [-0.05, 0) is 48.9 Å². The van der Waals surface area contributed by atoms with Crippen molar-refractivity contribution >= 4 is 27.3 Å². The molecule has 0 aliphatic heterocycles. The van der Waals surface area contributed by atoms with Crippen LogP contribution in [0.3, 0.4) is 0 Å². The maximum atomic E-state index is 13.4. The van der Waals surface area contributed by atoms with Gasteiger partial charge in [-0.3, -0.25) is 4.31 Å². The summed E-state index contributed by atoms with van der Waals surface area (Å²) in [6.07, 6.45) is 0. The van der Waals surface area contributed by atoms with Crippen molar-refractivity contribution in [2.24, 2.45) is 0 Å². The van der Waals surface area contributed by atoms with Gasteiger partial charge in [0.1, 0.15) is 5.75 Å². The molecule has 0 amide bonds. The average Bonchev–Trinajstić information content (AvgIpc) is 2.66. The van der Waals surface area contributed by atoms with Gasteiger partial charge in [-0.2, -0.15) is 0 Å². The molecule has 0 unspecified atom stereocenters. The SMILES string of the molecule is COc1cccc(N(Cc2cccc(C)c2)S(=O)(=O)c2ccc(Cl)cc2)c1. The van der Waals surface area contributed by atoms with Gasteiger partial charge in [0.15, 0.2) is 0 Å². The molecule has 0 bridgehead atoms. The Morgan fingerprint density at radius 2 is 1.67 bits per heavy atom. The standard InChI is InChI=1S/C21H20ClNO3S/c1-16-5-3-6-17(13-16)15-23(19-7-4-8-20(14-19)26-2)27(24,25)21-11-9-18(22)10-12-21/h3-14H,15H2,1-2H3. The first-order valence-corrected chi connectivity index (χ1v) is 10.2. The van der Waals surface area contributed by atoms with E-state index in [4.69, 9.17) is 16.3 Å². The molecule has 0 spiro atoms. The second-order valence-corrected chi connectivity index (χ2v) is 8.45. The minimum atomic E-state index is -3.79. The molecule has 0 aromatic heterocycles. The fraction of sp³-hybridized carbons (Fsp3) is 0.143. The summed E-state index contributed by atoms with van der Waals surface area (Å²) >= 11 is 5.92. The number of hydrogen-bond acceptors (Lipinski definition) is 3. The number of rotatable bonds is 6. The van der Waals surface area contributed by atoms with Crippen molar-refractivity contribution in [1.82, 2.24) is 0 Å². The fourth-order valence-corrected chi connectivity index (χ4v) is 4.36. The maximum Gasteiger partial charge on any atom is 0.264 e. The highest BCUT2D eigenvalue weighted by atomic mass is 35.5. The lowest BCUT2D eigenvalue weighted by atomic mass is 10.1. The molecule has 3 aromatic rings. The second kappa shape index (κ2) is 8.03. The van der Waals surface area contributed by atoms with Crippen LogP contribution in [0.4, 0.5) is 5.69 Å². The van der Waals surface area contributed by atoms with Gasteiger partial charge in [-0.1, -0.05) is 47.5 Å². The Bertz CT molecular complexity index is 1030. The largest absolute Gasteiger partial charge is 0.497 e. The van der Waals surface area contributed by atoms with E-state index in [2.05, 4.69) is 0 Å². The summed E-state index contributed by atoms with van der Waals surface area (Å²) in [7, 11) is -2.23. The number of sulfonamides is 1. The van der Waals surface area contributed by atoms with Crippen LogP contribution in [0.1, 0.15) is 11.1 Å². The first kappa shape index (κ1) is 19.3. The summed E-state index contributed by atoms with van der Waals surface area (Å²) in [5.41, 5.74) is 2.50. The summed E-state index contributed by atoms with van der Waals surface area (Å²) in [4.78, 5) is 0.183. The molecule has 0 aliphatic carbocycles. The molecule has 3 aromatic carbocycles. The van der Waals surface area contributed by atoms with Crippen LogP contribution in [-0.2, 0) is 16.6 Å². The van der Waals surface area contributed by atoms with E-state index < -0.39 is 10.0 Å². The summed E-state index contributed by atoms with van der Waals surface area (Å²) in [5, 5.41) is 0.487. The van der Waals surface area contributed by atoms with Crippen LogP contribution in [0, 0.1) is 6.92 Å². The number of anilines is 1. The summed E-state index contributed by atoms with van der Waals surface area (Å²) in [6.45, 7) is 2.19. The third-order valence-electron chi connectivity index (χ3n) is 4.15. The lowest BCUT2D eigenvalue weighted by Gasteiger charge is -2.25. The average molecular weight is 402 g/mol. The normalized spacial score (nSPS) is 11.2. The van der Waals surface area contributed by atoms with E-state index in [9.17, 15) is 8.42 Å². The Morgan fingerprint density at radius 1 is 0.963 bits per heavy atom. The van der Waals surface area contributed by atoms with Gasteiger partial charge in [0, 0.05) is 11.1 Å². The van der Waals surface area contributed by atoms with Gasteiger partial charge in [-0.25, -0.2) is 8.42 Å². The van der Waals surface area contributed by atoms with E-state index in [0.717, 1.165) is 11.1 Å². The Labute approximate surface area is 165 Å². The van der Waals surface area contributed by atoms with Crippen LogP contribution < -0.4 is 9.04 Å². The molecule has 6 heteroatoms. The van der Waals surface area contributed by atoms with E-state index in [1.165, 1.54) is 16.4 Å². The van der Waals surface area contributed by atoms with Crippen LogP contribution in [0.5, 0.6) is 5.75 Å². The number of hydrogen-bond donors (Lipinski definition) is 0. The second-order valence-electron chi connectivity index (χ2n) is 6.16. The highest BCUT2D eigenvalue weighted by Gasteiger charge is 2.25. The van der Waals surface area contributed by atoms with Crippen molar-refractivity contribution in [3.8, 4) is 5.75 Å². The fourth-order valence-electron chi connectivity index (χ4n) is 2.79. The molecule has 27 heavy (non-hydrogen) atoms. The zero-order chi connectivity index (χ0) is 19.4. The predicted octanol–water partition coefficient (Wildman–Crippen LogP) is 5.05. The topological polar surface area (TPSA) is 46.6 Å². The third kappa shape index (κ3) is 4.43. The van der Waals surface area contributed by atoms with Crippen molar-refractivity contribution in [1.29, 1.82) is 0 Å². The van der Waals surface area contributed by atoms with Gasteiger partial charge in [0.2, 0.25) is 0 Å². The monoisotopic (exact) mass is 401 g/mol. The Hall–Kier alpha value is -2.50. The predicted molar refractivity (Wildman–Crippen MR) is 109 cm³/mol. The zero-order valence-electron chi connectivity index (χ0n) is 15.1. The number of benzene rings is 3. The van der Waals surface area contributed by atoms with E-state index in [0.29, 0.717) is 16.5 Å². The van der Waals surface area contributed by atoms with Crippen molar-refractivity contribution in [2.45, 2.75) is 18.4 Å². The van der Waals surface area contributed by atoms with Gasteiger partial charge < -0.3 is 4.74 Å². The molecule has 3 rings (SSSR count). The smallest absolute Gasteiger partial charge is 0.264 e. The van der Waals surface area contributed by atoms with Gasteiger partial charge >= 0.3 is 0 Å². The van der Waals surface area contributed by atoms with Crippen LogP contribution in [-0.4, -0.2) is 15.5 Å². The quantitative estimate of drug-likeness (QED) is 0.580. The van der Waals surface area contributed by atoms with Crippen molar-refractivity contribution in [3.05, 3.63) is 88.9 Å². The number of ether oxygens (including phenoxy) is 1. The Kier molecular flexibility index (Phi) is 5.73. The van der Waals surface area contributed by atoms with Crippen LogP contribution in [0.25, 0.3) is 0 Å². The maximum absolute atomic E-state index is 13.4. The first-order valence-electron chi connectivity index (χ1n) is 8.38. The lowest BCUT2D eigenvalue weighted by molar-refractivity contribution is 0.415. The van der Waals surface area contributed by atoms with Crippen LogP contribution in [0.2, 0.25) is 5.02 Å². The van der Waals surface area contributed by atoms with E-state index in [1.807, 2.05) is 31.2 Å². The molecule has 0 radical (unpaired) electrons. The molecular weight excluding hydrogens is 382 g/mol. The lowest BCUT2D eigenvalue weighted by Crippen LogP contribution is -2.30. The van der Waals surface area contributed by atoms with E-state index in [1.54, 1.807) is 43.5 Å². The van der Waals surface area contributed by atoms with Crippen LogP contribution in [0.15, 0.2) is 77.7 Å². The third-order valence-corrected chi connectivity index (χ3v) is 6.19. The van der Waals surface area contributed by atoms with Crippen molar-refractivity contribution < 1.29 is 13.2 Å². The summed E-state index contributed by atoms with van der Waals surface area (Å²) in [6, 6.07) is 21.0. The number of nitrogens with zero attached hydrogens (tertiary/aromatic N) is 1. The van der Waals surface area contributed by atoms with Gasteiger partial charge in [-0.15, -0.1) is 0 Å². The molecule has 4 nitrogen and oxygen atoms in total. The Morgan fingerprint density at radius 3 is 2.33 bits per heavy atom. The van der Waals surface area contributed by atoms with Crippen molar-refractivity contribution in [2.75, 3.05) is 11.4 Å². The molecule has 0 fully saturated rings. The van der Waals surface area contributed by atoms with E-state index >= 15 is 0 Å². The highest BCUT2D eigenvalue weighted by molar-refractivity contribution is 7.92. The van der Waals surface area contributed by atoms with Gasteiger partial charge in [0.05, 0.1) is 24.2 Å². The number of aryl methyl sites for hydroxylation is 1. The zero-order valence-corrected chi connectivity index (χ0v) is 16.7. The van der Waals surface area contributed by atoms with Crippen molar-refractivity contribution in [3.63, 3.8) is 0 Å². The molecule has 140 valence electrons. The molecule has 0 saturated carbocycles. The van der Waals surface area contributed by atoms with Crippen LogP contribution >= 0.6 is 11.6 Å². The summed E-state index contributed by atoms with van der Waals surface area (Å²) < 4.78 is 33.4. The molecule has 0 N–H and O–H groups in total. The Balaban J connectivity index is 2.09. The minimum Gasteiger partial charge on any atom is -0.497 e. The van der Waals surface area contributed by atoms with Gasteiger partial charge in [0.25, 0.3) is 10.0 Å². The minimum absolute atomic E-state index is 0.183. The number of halogens is 1. The highest BCUT2D eigenvalue weighted by Crippen LogP contribution is 2.29. The number of methoxy groups -OCH3 is 1. The molecular formula is C21H20ClNO3S. The summed E-state index contributed by atoms with van der Waals surface area (Å²) in [5.74, 6) is 0.591. The molecule has 0 saturated heterocycles. The first-order chi connectivity index (χ1) is 12.9. The molecule has 0 aliphatic rings. The van der Waals surface area contributed by atoms with E-state index in [-0.39, 0.29) is 11.4 Å².